The van der Waals surface area contributed by atoms with Crippen LogP contribution in [0.25, 0.3) is 0 Å². The fourth-order valence-corrected chi connectivity index (χ4v) is 3.93. The van der Waals surface area contributed by atoms with Crippen LogP contribution >= 0.6 is 0 Å². The average molecular weight is 375 g/mol. The summed E-state index contributed by atoms with van der Waals surface area (Å²) in [5, 5.41) is 18.9. The lowest BCUT2D eigenvalue weighted by Crippen LogP contribution is -2.48. The van der Waals surface area contributed by atoms with Crippen LogP contribution < -0.4 is 0 Å². The van der Waals surface area contributed by atoms with Gasteiger partial charge in [-0.15, -0.1) is 0 Å². The largest absolute Gasteiger partial charge is 0.396 e. The van der Waals surface area contributed by atoms with Gasteiger partial charge in [-0.25, -0.2) is 0 Å². The fraction of sp³-hybridized carbons (Fsp3) is 1.00. The van der Waals surface area contributed by atoms with Crippen molar-refractivity contribution in [2.24, 2.45) is 5.41 Å². The molecule has 0 aliphatic rings. The van der Waals surface area contributed by atoms with Gasteiger partial charge in [0.2, 0.25) is 0 Å². The van der Waals surface area contributed by atoms with E-state index < -0.39 is 0 Å². The molecule has 0 aliphatic heterocycles. The molecule has 158 valence electrons. The monoisotopic (exact) mass is 374 g/mol. The molecule has 0 atom stereocenters. The van der Waals surface area contributed by atoms with Crippen LogP contribution in [0.2, 0.25) is 0 Å². The van der Waals surface area contributed by atoms with Crippen LogP contribution in [0.4, 0.5) is 0 Å². The van der Waals surface area contributed by atoms with Crippen molar-refractivity contribution in [2.75, 3.05) is 54.1 Å². The summed E-state index contributed by atoms with van der Waals surface area (Å²) >= 11 is 0. The minimum Gasteiger partial charge on any atom is -0.396 e. The van der Waals surface area contributed by atoms with Crippen molar-refractivity contribution in [3.63, 3.8) is 0 Å². The molecule has 26 heavy (non-hydrogen) atoms. The maximum atomic E-state index is 9.47. The van der Waals surface area contributed by atoms with Crippen molar-refractivity contribution in [3.05, 3.63) is 0 Å². The summed E-state index contributed by atoms with van der Waals surface area (Å²) in [6.45, 7) is 4.92. The highest BCUT2D eigenvalue weighted by molar-refractivity contribution is 4.79. The van der Waals surface area contributed by atoms with Crippen LogP contribution in [0.3, 0.4) is 0 Å². The first-order valence-corrected chi connectivity index (χ1v) is 11.0. The number of hydrogen-bond donors (Lipinski definition) is 2. The summed E-state index contributed by atoms with van der Waals surface area (Å²) in [6.07, 6.45) is 14.7. The lowest BCUT2D eigenvalue weighted by atomic mass is 9.81. The molecule has 0 spiro atoms. The zero-order chi connectivity index (χ0) is 19.7. The number of aliphatic hydroxyl groups is 2. The normalized spacial score (nSPS) is 12.7. The maximum Gasteiger partial charge on any atom is 0.0861 e. The van der Waals surface area contributed by atoms with Gasteiger partial charge in [-0.05, 0) is 19.3 Å². The third kappa shape index (κ3) is 15.0. The van der Waals surface area contributed by atoms with Crippen molar-refractivity contribution < 1.29 is 19.4 Å². The van der Waals surface area contributed by atoms with Crippen LogP contribution in [0.5, 0.6) is 0 Å². The van der Waals surface area contributed by atoms with Crippen molar-refractivity contribution in [1.82, 2.24) is 0 Å². The third-order valence-electron chi connectivity index (χ3n) is 5.14. The zero-order valence-electron chi connectivity index (χ0n) is 18.3. The van der Waals surface area contributed by atoms with Crippen LogP contribution in [0.15, 0.2) is 0 Å². The third-order valence-corrected chi connectivity index (χ3v) is 5.14. The molecule has 0 amide bonds. The molecular weight excluding hydrogens is 326 g/mol. The van der Waals surface area contributed by atoms with Crippen molar-refractivity contribution >= 4 is 0 Å². The Morgan fingerprint density at radius 3 is 1.62 bits per heavy atom. The van der Waals surface area contributed by atoms with Crippen molar-refractivity contribution in [2.45, 2.75) is 84.0 Å². The maximum absolute atomic E-state index is 9.47. The minimum atomic E-state index is -0.125. The predicted octanol–water partition coefficient (Wildman–Crippen LogP) is 4.38. The molecule has 0 aliphatic carbocycles. The van der Waals surface area contributed by atoms with E-state index in [-0.39, 0.29) is 18.6 Å². The highest BCUT2D eigenvalue weighted by Crippen LogP contribution is 2.29. The van der Waals surface area contributed by atoms with E-state index in [9.17, 15) is 10.2 Å². The molecular formula is C22H48NO3+. The summed E-state index contributed by atoms with van der Waals surface area (Å²) in [6, 6.07) is 0. The van der Waals surface area contributed by atoms with Gasteiger partial charge in [-0.1, -0.05) is 64.7 Å². The molecule has 0 aromatic heterocycles. The number of quaternary nitrogens is 1. The Bertz CT molecular complexity index is 296. The van der Waals surface area contributed by atoms with Gasteiger partial charge in [0.1, 0.15) is 0 Å². The zero-order valence-corrected chi connectivity index (χ0v) is 18.3. The second kappa shape index (κ2) is 15.9. The lowest BCUT2D eigenvalue weighted by molar-refractivity contribution is -0.877. The number of nitrogens with zero attached hydrogens (tertiary/aromatic N) is 1. The first kappa shape index (κ1) is 25.8. The Kier molecular flexibility index (Phi) is 15.8. The molecule has 0 heterocycles. The lowest BCUT2D eigenvalue weighted by Gasteiger charge is -2.38. The Morgan fingerprint density at radius 2 is 1.19 bits per heavy atom. The first-order valence-electron chi connectivity index (χ1n) is 11.0. The molecule has 4 heteroatoms. The molecule has 0 unspecified atom stereocenters. The van der Waals surface area contributed by atoms with Gasteiger partial charge >= 0.3 is 0 Å². The summed E-state index contributed by atoms with van der Waals surface area (Å²) in [4.78, 5) is 0. The van der Waals surface area contributed by atoms with Crippen molar-refractivity contribution in [1.29, 1.82) is 0 Å². The summed E-state index contributed by atoms with van der Waals surface area (Å²) in [7, 11) is 6.48. The van der Waals surface area contributed by atoms with E-state index in [2.05, 4.69) is 28.1 Å². The van der Waals surface area contributed by atoms with E-state index in [0.717, 1.165) is 24.1 Å². The second-order valence-corrected chi connectivity index (χ2v) is 9.13. The Labute approximate surface area is 163 Å². The molecule has 0 bridgehead atoms. The standard InChI is InChI=1S/C22H48NO3/c1-5-6-7-8-9-10-11-12-13-14-19-26-21-22(15-17-24,16-18-25)20-23(2,3)4/h24-25H,5-21H2,1-4H3/q+1. The number of unbranched alkanes of at least 4 members (excludes halogenated alkanes) is 9. The van der Waals surface area contributed by atoms with Crippen molar-refractivity contribution in [3.8, 4) is 0 Å². The van der Waals surface area contributed by atoms with Gasteiger partial charge in [0.05, 0.1) is 34.3 Å². The van der Waals surface area contributed by atoms with Crippen LogP contribution in [-0.2, 0) is 4.74 Å². The fourth-order valence-electron chi connectivity index (χ4n) is 3.93. The smallest absolute Gasteiger partial charge is 0.0861 e. The summed E-state index contributed by atoms with van der Waals surface area (Å²) < 4.78 is 6.81. The second-order valence-electron chi connectivity index (χ2n) is 9.13. The van der Waals surface area contributed by atoms with Crippen LogP contribution in [0.1, 0.15) is 84.0 Å². The van der Waals surface area contributed by atoms with E-state index in [0.29, 0.717) is 19.4 Å². The number of rotatable bonds is 19. The molecule has 0 saturated heterocycles. The van der Waals surface area contributed by atoms with Gasteiger partial charge in [0.15, 0.2) is 0 Å². The number of aliphatic hydroxyl groups excluding tert-OH is 2. The molecule has 0 aromatic rings. The van der Waals surface area contributed by atoms with Crippen LogP contribution in [-0.4, -0.2) is 68.8 Å². The van der Waals surface area contributed by atoms with E-state index in [1.54, 1.807) is 0 Å². The molecule has 4 nitrogen and oxygen atoms in total. The molecule has 0 fully saturated rings. The SMILES string of the molecule is CCCCCCCCCCCCOCC(CCO)(CCO)C[N+](C)(C)C. The molecule has 0 aromatic carbocycles. The first-order chi connectivity index (χ1) is 12.4. The average Bonchev–Trinajstić information content (AvgIpc) is 2.55. The van der Waals surface area contributed by atoms with E-state index in [4.69, 9.17) is 4.74 Å². The molecule has 2 N–H and O–H groups in total. The van der Waals surface area contributed by atoms with E-state index in [1.807, 2.05) is 0 Å². The highest BCUT2D eigenvalue weighted by atomic mass is 16.5. The van der Waals surface area contributed by atoms with Gasteiger partial charge in [-0.2, -0.15) is 0 Å². The summed E-state index contributed by atoms with van der Waals surface area (Å²) in [5.41, 5.74) is -0.125. The minimum absolute atomic E-state index is 0.125. The predicted molar refractivity (Wildman–Crippen MR) is 111 cm³/mol. The van der Waals surface area contributed by atoms with E-state index in [1.165, 1.54) is 57.8 Å². The molecule has 0 saturated carbocycles. The number of hydrogen-bond acceptors (Lipinski definition) is 3. The van der Waals surface area contributed by atoms with Crippen LogP contribution in [0, 0.1) is 5.41 Å². The van der Waals surface area contributed by atoms with Gasteiger partial charge in [0.25, 0.3) is 0 Å². The Balaban J connectivity index is 3.87. The topological polar surface area (TPSA) is 49.7 Å². The van der Waals surface area contributed by atoms with Gasteiger partial charge in [-0.3, -0.25) is 0 Å². The molecule has 0 radical (unpaired) electrons. The quantitative estimate of drug-likeness (QED) is 0.260. The Hall–Kier alpha value is -0.160. The Morgan fingerprint density at radius 1 is 0.731 bits per heavy atom. The number of ether oxygens (including phenoxy) is 1. The van der Waals surface area contributed by atoms with E-state index >= 15 is 0 Å². The van der Waals surface area contributed by atoms with Gasteiger partial charge in [0, 0.05) is 25.2 Å². The summed E-state index contributed by atoms with van der Waals surface area (Å²) in [5.74, 6) is 0. The van der Waals surface area contributed by atoms with Gasteiger partial charge < -0.3 is 19.4 Å². The molecule has 0 rings (SSSR count). The highest BCUT2D eigenvalue weighted by Gasteiger charge is 2.35.